The van der Waals surface area contributed by atoms with Gasteiger partial charge in [0.1, 0.15) is 0 Å². The second-order valence-corrected chi connectivity index (χ2v) is 10.3. The first-order valence-corrected chi connectivity index (χ1v) is 8.90. The molecule has 0 saturated heterocycles. The van der Waals surface area contributed by atoms with E-state index in [1.165, 1.54) is 7.11 Å². The van der Waals surface area contributed by atoms with E-state index in [4.69, 9.17) is 13.9 Å². The van der Waals surface area contributed by atoms with Crippen LogP contribution in [0.2, 0.25) is 18.1 Å². The van der Waals surface area contributed by atoms with Gasteiger partial charge >= 0.3 is 5.97 Å². The normalized spacial score (nSPS) is 14.5. The third-order valence-corrected chi connectivity index (χ3v) is 7.67. The fourth-order valence-corrected chi connectivity index (χ4v) is 2.27. The molecular formula is C12H26O4Si. The number of carbonyl (C=O) groups excluding carboxylic acids is 1. The number of ether oxygens (including phenoxy) is 2. The van der Waals surface area contributed by atoms with Gasteiger partial charge in [0.15, 0.2) is 14.4 Å². The summed E-state index contributed by atoms with van der Waals surface area (Å²) in [5.74, 6) is -0.358. The van der Waals surface area contributed by atoms with E-state index in [-0.39, 0.29) is 17.6 Å². The van der Waals surface area contributed by atoms with Gasteiger partial charge in [0, 0.05) is 6.61 Å². The van der Waals surface area contributed by atoms with Crippen LogP contribution in [-0.4, -0.2) is 40.7 Å². The lowest BCUT2D eigenvalue weighted by Crippen LogP contribution is -2.47. The fraction of sp³-hybridized carbons (Fsp3) is 0.917. The van der Waals surface area contributed by atoms with Crippen molar-refractivity contribution in [3.8, 4) is 0 Å². The van der Waals surface area contributed by atoms with Crippen molar-refractivity contribution < 1.29 is 18.7 Å². The smallest absolute Gasteiger partial charge is 0.336 e. The van der Waals surface area contributed by atoms with Gasteiger partial charge in [-0.2, -0.15) is 0 Å². The number of rotatable bonds is 6. The van der Waals surface area contributed by atoms with Crippen LogP contribution in [0.25, 0.3) is 0 Å². The molecule has 4 nitrogen and oxygen atoms in total. The first kappa shape index (κ1) is 16.6. The van der Waals surface area contributed by atoms with Gasteiger partial charge in [-0.15, -0.1) is 0 Å². The molecule has 0 rings (SSSR count). The van der Waals surface area contributed by atoms with E-state index in [1.807, 2.05) is 6.92 Å². The molecule has 0 heterocycles. The van der Waals surface area contributed by atoms with Gasteiger partial charge in [0.05, 0.1) is 13.7 Å². The number of hydrogen-bond donors (Lipinski definition) is 0. The minimum absolute atomic E-state index is 0.0610. The number of esters is 1. The maximum atomic E-state index is 11.6. The minimum Gasteiger partial charge on any atom is -0.467 e. The Bertz CT molecular complexity index is 245. The summed E-state index contributed by atoms with van der Waals surface area (Å²) >= 11 is 0. The van der Waals surface area contributed by atoms with Gasteiger partial charge in [0.2, 0.25) is 0 Å². The Labute approximate surface area is 106 Å². The molecule has 1 unspecified atom stereocenters. The number of carbonyl (C=O) groups is 1. The molecule has 0 amide bonds. The summed E-state index contributed by atoms with van der Waals surface area (Å²) in [6.45, 7) is 13.3. The van der Waals surface area contributed by atoms with E-state index < -0.39 is 14.4 Å². The maximum Gasteiger partial charge on any atom is 0.336 e. The first-order chi connectivity index (χ1) is 7.65. The van der Waals surface area contributed by atoms with Crippen molar-refractivity contribution in [1.82, 2.24) is 0 Å². The van der Waals surface area contributed by atoms with Crippen LogP contribution >= 0.6 is 0 Å². The van der Waals surface area contributed by atoms with Crippen LogP contribution in [0, 0.1) is 0 Å². The van der Waals surface area contributed by atoms with Crippen molar-refractivity contribution in [3.05, 3.63) is 0 Å². The minimum atomic E-state index is -1.98. The summed E-state index contributed by atoms with van der Waals surface area (Å²) in [5, 5.41) is 0.0610. The van der Waals surface area contributed by atoms with Gasteiger partial charge in [-0.1, -0.05) is 20.8 Å². The van der Waals surface area contributed by atoms with Gasteiger partial charge in [-0.05, 0) is 25.1 Å². The largest absolute Gasteiger partial charge is 0.467 e. The fourth-order valence-electron chi connectivity index (χ4n) is 1.04. The topological polar surface area (TPSA) is 44.8 Å². The standard InChI is InChI=1S/C12H26O4Si/c1-8-15-9-10(11(13)14-5)16-17(6,7)12(2,3)4/h10H,8-9H2,1-7H3. The molecule has 0 spiro atoms. The second-order valence-electron chi connectivity index (χ2n) is 5.55. The van der Waals surface area contributed by atoms with Gasteiger partial charge in [-0.3, -0.25) is 0 Å². The van der Waals surface area contributed by atoms with Crippen molar-refractivity contribution >= 4 is 14.3 Å². The van der Waals surface area contributed by atoms with Crippen LogP contribution in [0.4, 0.5) is 0 Å². The summed E-state index contributed by atoms with van der Waals surface area (Å²) in [6, 6.07) is 0. The van der Waals surface area contributed by atoms with Gasteiger partial charge < -0.3 is 13.9 Å². The van der Waals surface area contributed by atoms with E-state index >= 15 is 0 Å². The predicted octanol–water partition coefficient (Wildman–Crippen LogP) is 2.59. The Morgan fingerprint density at radius 3 is 2.18 bits per heavy atom. The van der Waals surface area contributed by atoms with Crippen molar-refractivity contribution in [2.24, 2.45) is 0 Å². The molecule has 0 aliphatic rings. The number of hydrogen-bond acceptors (Lipinski definition) is 4. The summed E-state index contributed by atoms with van der Waals surface area (Å²) in [5.41, 5.74) is 0. The van der Waals surface area contributed by atoms with E-state index in [1.54, 1.807) is 0 Å². The van der Waals surface area contributed by atoms with E-state index in [0.29, 0.717) is 6.61 Å². The average Bonchev–Trinajstić information content (AvgIpc) is 2.21. The molecule has 0 bridgehead atoms. The quantitative estimate of drug-likeness (QED) is 0.545. The van der Waals surface area contributed by atoms with Crippen molar-refractivity contribution in [2.45, 2.75) is 51.9 Å². The molecule has 17 heavy (non-hydrogen) atoms. The molecule has 5 heteroatoms. The first-order valence-electron chi connectivity index (χ1n) is 5.99. The molecule has 0 aliphatic heterocycles. The highest BCUT2D eigenvalue weighted by Gasteiger charge is 2.41. The molecule has 1 atom stereocenters. The SMILES string of the molecule is CCOCC(O[Si](C)(C)C(C)(C)C)C(=O)OC. The zero-order chi connectivity index (χ0) is 13.7. The molecule has 0 N–H and O–H groups in total. The highest BCUT2D eigenvalue weighted by molar-refractivity contribution is 6.74. The summed E-state index contributed by atoms with van der Waals surface area (Å²) in [6.07, 6.45) is -0.610. The van der Waals surface area contributed by atoms with E-state index in [0.717, 1.165) is 0 Å². The van der Waals surface area contributed by atoms with E-state index in [9.17, 15) is 4.79 Å². The Morgan fingerprint density at radius 1 is 1.29 bits per heavy atom. The molecule has 0 aromatic heterocycles. The molecule has 0 aromatic carbocycles. The van der Waals surface area contributed by atoms with Crippen LogP contribution in [0.3, 0.4) is 0 Å². The zero-order valence-electron chi connectivity index (χ0n) is 12.1. The highest BCUT2D eigenvalue weighted by Crippen LogP contribution is 2.37. The molecule has 0 saturated carbocycles. The van der Waals surface area contributed by atoms with Crippen LogP contribution < -0.4 is 0 Å². The lowest BCUT2D eigenvalue weighted by molar-refractivity contribution is -0.152. The average molecular weight is 262 g/mol. The lowest BCUT2D eigenvalue weighted by atomic mass is 10.2. The highest BCUT2D eigenvalue weighted by atomic mass is 28.4. The van der Waals surface area contributed by atoms with Gasteiger partial charge in [-0.25, -0.2) is 4.79 Å². The summed E-state index contributed by atoms with van der Waals surface area (Å²) < 4.78 is 16.0. The molecule has 0 aliphatic carbocycles. The van der Waals surface area contributed by atoms with Crippen LogP contribution in [-0.2, 0) is 18.7 Å². The maximum absolute atomic E-state index is 11.6. The Balaban J connectivity index is 4.68. The molecule has 0 radical (unpaired) electrons. The van der Waals surface area contributed by atoms with Crippen molar-refractivity contribution in [1.29, 1.82) is 0 Å². The monoisotopic (exact) mass is 262 g/mol. The third-order valence-electron chi connectivity index (χ3n) is 3.18. The second kappa shape index (κ2) is 6.52. The molecule has 102 valence electrons. The summed E-state index contributed by atoms with van der Waals surface area (Å²) in [4.78, 5) is 11.6. The molecule has 0 fully saturated rings. The Kier molecular flexibility index (Phi) is 6.36. The molecule has 0 aromatic rings. The Hall–Kier alpha value is -0.393. The number of methoxy groups -OCH3 is 1. The molecular weight excluding hydrogens is 236 g/mol. The van der Waals surface area contributed by atoms with Crippen molar-refractivity contribution in [3.63, 3.8) is 0 Å². The van der Waals surface area contributed by atoms with Gasteiger partial charge in [0.25, 0.3) is 0 Å². The van der Waals surface area contributed by atoms with Crippen molar-refractivity contribution in [2.75, 3.05) is 20.3 Å². The van der Waals surface area contributed by atoms with Crippen LogP contribution in [0.1, 0.15) is 27.7 Å². The lowest BCUT2D eigenvalue weighted by Gasteiger charge is -2.38. The zero-order valence-corrected chi connectivity index (χ0v) is 13.1. The summed E-state index contributed by atoms with van der Waals surface area (Å²) in [7, 11) is -0.607. The van der Waals surface area contributed by atoms with Crippen LogP contribution in [0.5, 0.6) is 0 Å². The van der Waals surface area contributed by atoms with Crippen LogP contribution in [0.15, 0.2) is 0 Å². The predicted molar refractivity (Wildman–Crippen MR) is 70.6 cm³/mol. The van der Waals surface area contributed by atoms with E-state index in [2.05, 4.69) is 33.9 Å². The Morgan fingerprint density at radius 2 is 1.82 bits per heavy atom. The third kappa shape index (κ3) is 5.19.